The van der Waals surface area contributed by atoms with E-state index in [0.29, 0.717) is 0 Å². The van der Waals surface area contributed by atoms with E-state index >= 15 is 0 Å². The van der Waals surface area contributed by atoms with Gasteiger partial charge in [-0.3, -0.25) is 5.73 Å². The lowest BCUT2D eigenvalue weighted by molar-refractivity contribution is -0.373. The third kappa shape index (κ3) is 3.41. The molecule has 142 valence electrons. The van der Waals surface area contributed by atoms with Crippen LogP contribution in [0.4, 0.5) is 0 Å². The van der Waals surface area contributed by atoms with Crippen LogP contribution in [-0.4, -0.2) is 115 Å². The first-order chi connectivity index (χ1) is 11.1. The van der Waals surface area contributed by atoms with Gasteiger partial charge in [0.2, 0.25) is 6.29 Å². The first kappa shape index (κ1) is 19.8. The van der Waals surface area contributed by atoms with Gasteiger partial charge in [-0.2, -0.15) is 0 Å². The van der Waals surface area contributed by atoms with Crippen molar-refractivity contribution >= 4 is 0 Å². The molecular formula is C12H23NO11. The molecule has 0 unspecified atom stereocenters. The summed E-state index contributed by atoms with van der Waals surface area (Å²) in [4.78, 5) is 0. The van der Waals surface area contributed by atoms with Crippen molar-refractivity contribution in [3.8, 4) is 0 Å². The Hall–Kier alpha value is -0.480. The fourth-order valence-corrected chi connectivity index (χ4v) is 2.61. The highest BCUT2D eigenvalue weighted by Crippen LogP contribution is 2.30. The van der Waals surface area contributed by atoms with Crippen molar-refractivity contribution in [3.63, 3.8) is 0 Å². The lowest BCUT2D eigenvalue weighted by atomic mass is 9.93. The summed E-state index contributed by atoms with van der Waals surface area (Å²) in [5, 5.41) is 77.1. The van der Waals surface area contributed by atoms with E-state index in [0.717, 1.165) is 0 Å². The average molecular weight is 357 g/mol. The van der Waals surface area contributed by atoms with Crippen molar-refractivity contribution < 1.29 is 55.1 Å². The van der Waals surface area contributed by atoms with E-state index in [9.17, 15) is 35.7 Å². The van der Waals surface area contributed by atoms with E-state index in [4.69, 9.17) is 25.1 Å². The molecule has 24 heavy (non-hydrogen) atoms. The molecule has 2 rings (SSSR count). The minimum Gasteiger partial charge on any atom is -0.394 e. The summed E-state index contributed by atoms with van der Waals surface area (Å²) >= 11 is 0. The van der Waals surface area contributed by atoms with Crippen LogP contribution in [0.1, 0.15) is 0 Å². The molecule has 2 fully saturated rings. The number of aliphatic hydroxyl groups excluding tert-OH is 7. The van der Waals surface area contributed by atoms with Crippen LogP contribution < -0.4 is 5.73 Å². The fraction of sp³-hybridized carbons (Fsp3) is 1.00. The summed E-state index contributed by atoms with van der Waals surface area (Å²) in [5.74, 6) is 0. The van der Waals surface area contributed by atoms with Gasteiger partial charge in [-0.05, 0) is 0 Å². The van der Waals surface area contributed by atoms with E-state index in [2.05, 4.69) is 0 Å². The molecule has 0 bridgehead atoms. The SMILES string of the molecule is N[C@]1(O)[C@H](O)O[C@H](CO)[C@@H](O[C@@H]2O[C@H](CO)[C@H](O)[C@H](O)[C@H]2O)[C@@H]1O. The van der Waals surface area contributed by atoms with Crippen molar-refractivity contribution in [2.45, 2.75) is 61.0 Å². The van der Waals surface area contributed by atoms with Crippen LogP contribution in [0.25, 0.3) is 0 Å². The number of nitrogens with two attached hydrogens (primary N) is 1. The van der Waals surface area contributed by atoms with Crippen molar-refractivity contribution in [2.24, 2.45) is 5.73 Å². The molecule has 0 radical (unpaired) electrons. The third-order valence-corrected chi connectivity index (χ3v) is 4.17. The van der Waals surface area contributed by atoms with Gasteiger partial charge in [-0.25, -0.2) is 0 Å². The summed E-state index contributed by atoms with van der Waals surface area (Å²) < 4.78 is 15.2. The highest BCUT2D eigenvalue weighted by atomic mass is 16.7. The highest BCUT2D eigenvalue weighted by Gasteiger charge is 2.55. The number of ether oxygens (including phenoxy) is 3. The molecule has 0 saturated carbocycles. The van der Waals surface area contributed by atoms with E-state index in [-0.39, 0.29) is 0 Å². The molecule has 0 spiro atoms. The standard InChI is InChI=1S/C12H23NO11/c13-12(21)9(19)8(4(2-15)23-11(12)20)24-10-7(18)6(17)5(16)3(1-14)22-10/h3-11,14-21H,1-2,13H2/t3-,4-,5+,6+,7-,8-,9+,10+,11-,12-/m1/s1. The summed E-state index contributed by atoms with van der Waals surface area (Å²) in [6.45, 7) is -1.44. The second kappa shape index (κ2) is 7.41. The lowest BCUT2D eigenvalue weighted by Gasteiger charge is -2.48. The maximum absolute atomic E-state index is 10.1. The Bertz CT molecular complexity index is 422. The normalized spacial score (nSPS) is 53.1. The van der Waals surface area contributed by atoms with Crippen LogP contribution >= 0.6 is 0 Å². The summed E-state index contributed by atoms with van der Waals surface area (Å²) in [5.41, 5.74) is 2.72. The van der Waals surface area contributed by atoms with E-state index < -0.39 is 74.2 Å². The van der Waals surface area contributed by atoms with E-state index in [1.54, 1.807) is 0 Å². The molecule has 2 aliphatic rings. The summed E-state index contributed by atoms with van der Waals surface area (Å²) in [6.07, 6.45) is -14.9. The minimum absolute atomic E-state index is 0.697. The lowest BCUT2D eigenvalue weighted by Crippen LogP contribution is -2.72. The Labute approximate surface area is 136 Å². The van der Waals surface area contributed by atoms with E-state index in [1.807, 2.05) is 0 Å². The quantitative estimate of drug-likeness (QED) is 0.215. The van der Waals surface area contributed by atoms with Gasteiger partial charge in [0.25, 0.3) is 0 Å². The van der Waals surface area contributed by atoms with Gasteiger partial charge >= 0.3 is 0 Å². The number of hydrogen-bond acceptors (Lipinski definition) is 12. The third-order valence-electron chi connectivity index (χ3n) is 4.17. The Kier molecular flexibility index (Phi) is 6.12. The Morgan fingerprint density at radius 3 is 2.00 bits per heavy atom. The first-order valence-corrected chi connectivity index (χ1v) is 7.24. The molecule has 12 heteroatoms. The first-order valence-electron chi connectivity index (χ1n) is 7.24. The smallest absolute Gasteiger partial charge is 0.200 e. The van der Waals surface area contributed by atoms with Gasteiger partial charge in [-0.15, -0.1) is 0 Å². The molecule has 2 heterocycles. The van der Waals surface area contributed by atoms with Crippen LogP contribution in [0, 0.1) is 0 Å². The van der Waals surface area contributed by atoms with Crippen LogP contribution in [0.15, 0.2) is 0 Å². The predicted octanol–water partition coefficient (Wildman–Crippen LogP) is -6.11. The van der Waals surface area contributed by atoms with Crippen LogP contribution in [0.3, 0.4) is 0 Å². The zero-order chi connectivity index (χ0) is 18.2. The second-order valence-corrected chi connectivity index (χ2v) is 5.84. The average Bonchev–Trinajstić information content (AvgIpc) is 2.55. The molecule has 0 aromatic heterocycles. The van der Waals surface area contributed by atoms with Crippen molar-refractivity contribution in [1.82, 2.24) is 0 Å². The van der Waals surface area contributed by atoms with Crippen LogP contribution in [0.5, 0.6) is 0 Å². The van der Waals surface area contributed by atoms with Crippen molar-refractivity contribution in [3.05, 3.63) is 0 Å². The van der Waals surface area contributed by atoms with Gasteiger partial charge in [0, 0.05) is 0 Å². The van der Waals surface area contributed by atoms with Crippen molar-refractivity contribution in [1.29, 1.82) is 0 Å². The molecule has 10 N–H and O–H groups in total. The van der Waals surface area contributed by atoms with Gasteiger partial charge in [-0.1, -0.05) is 0 Å². The fourth-order valence-electron chi connectivity index (χ4n) is 2.61. The maximum atomic E-state index is 10.1. The van der Waals surface area contributed by atoms with Gasteiger partial charge in [0.05, 0.1) is 13.2 Å². The molecule has 0 aliphatic carbocycles. The number of hydrogen-bond donors (Lipinski definition) is 9. The molecule has 12 nitrogen and oxygen atoms in total. The highest BCUT2D eigenvalue weighted by molar-refractivity contribution is 4.98. The summed E-state index contributed by atoms with van der Waals surface area (Å²) in [7, 11) is 0. The Balaban J connectivity index is 2.17. The Morgan fingerprint density at radius 1 is 0.875 bits per heavy atom. The zero-order valence-corrected chi connectivity index (χ0v) is 12.5. The van der Waals surface area contributed by atoms with Crippen LogP contribution in [-0.2, 0) is 14.2 Å². The zero-order valence-electron chi connectivity index (χ0n) is 12.5. The van der Waals surface area contributed by atoms with Crippen LogP contribution in [0.2, 0.25) is 0 Å². The van der Waals surface area contributed by atoms with Gasteiger partial charge in [0.15, 0.2) is 12.0 Å². The van der Waals surface area contributed by atoms with Crippen molar-refractivity contribution in [2.75, 3.05) is 13.2 Å². The van der Waals surface area contributed by atoms with E-state index in [1.165, 1.54) is 0 Å². The largest absolute Gasteiger partial charge is 0.394 e. The molecule has 0 amide bonds. The minimum atomic E-state index is -2.63. The van der Waals surface area contributed by atoms with Gasteiger partial charge in [0.1, 0.15) is 42.7 Å². The molecule has 10 atom stereocenters. The maximum Gasteiger partial charge on any atom is 0.200 e. The molecule has 0 aromatic rings. The molecular weight excluding hydrogens is 334 g/mol. The molecule has 2 saturated heterocycles. The van der Waals surface area contributed by atoms with Gasteiger partial charge < -0.3 is 55.1 Å². The molecule has 0 aromatic carbocycles. The monoisotopic (exact) mass is 357 g/mol. The number of rotatable bonds is 4. The summed E-state index contributed by atoms with van der Waals surface area (Å²) in [6, 6.07) is 0. The topological polar surface area (TPSA) is 216 Å². The predicted molar refractivity (Wildman–Crippen MR) is 71.7 cm³/mol. The number of aliphatic hydroxyl groups is 8. The Morgan fingerprint density at radius 2 is 1.46 bits per heavy atom. The second-order valence-electron chi connectivity index (χ2n) is 5.84. The molecule has 2 aliphatic heterocycles.